The zero-order valence-electron chi connectivity index (χ0n) is 11.1. The van der Waals surface area contributed by atoms with E-state index in [2.05, 4.69) is 34.1 Å². The molecular formula is C13H19N5. The highest BCUT2D eigenvalue weighted by molar-refractivity contribution is 5.45. The van der Waals surface area contributed by atoms with E-state index in [-0.39, 0.29) is 0 Å². The molecule has 0 aliphatic carbocycles. The monoisotopic (exact) mass is 245 g/mol. The molecule has 96 valence electrons. The maximum absolute atomic E-state index is 4.36. The van der Waals surface area contributed by atoms with E-state index in [1.807, 2.05) is 24.0 Å². The molecule has 0 bridgehead atoms. The topological polar surface area (TPSA) is 55.6 Å². The van der Waals surface area contributed by atoms with Crippen LogP contribution in [0.5, 0.6) is 0 Å². The number of aromatic nitrogens is 4. The van der Waals surface area contributed by atoms with Crippen LogP contribution in [-0.2, 0) is 13.5 Å². The molecule has 2 rings (SSSR count). The third-order valence-electron chi connectivity index (χ3n) is 2.98. The standard InChI is InChI=1S/C13H19N5/c1-4-5-15-13-10(2)11(16-9-17-13)8-12-14-6-7-18(12)3/h6-7,9H,4-5,8H2,1-3H3,(H,15,16,17). The van der Waals surface area contributed by atoms with Crippen LogP contribution in [-0.4, -0.2) is 26.1 Å². The molecule has 0 aliphatic heterocycles. The number of nitrogens with zero attached hydrogens (tertiary/aromatic N) is 4. The molecule has 1 N–H and O–H groups in total. The lowest BCUT2D eigenvalue weighted by molar-refractivity contribution is 0.804. The molecule has 18 heavy (non-hydrogen) atoms. The molecule has 5 nitrogen and oxygen atoms in total. The van der Waals surface area contributed by atoms with Crippen LogP contribution >= 0.6 is 0 Å². The van der Waals surface area contributed by atoms with Crippen molar-refractivity contribution in [2.75, 3.05) is 11.9 Å². The summed E-state index contributed by atoms with van der Waals surface area (Å²) in [6.45, 7) is 5.12. The van der Waals surface area contributed by atoms with Gasteiger partial charge in [0.05, 0.1) is 5.69 Å². The van der Waals surface area contributed by atoms with E-state index in [1.54, 1.807) is 6.33 Å². The van der Waals surface area contributed by atoms with Gasteiger partial charge in [0.2, 0.25) is 0 Å². The van der Waals surface area contributed by atoms with Crippen LogP contribution in [0, 0.1) is 6.92 Å². The van der Waals surface area contributed by atoms with Gasteiger partial charge in [-0.2, -0.15) is 0 Å². The summed E-state index contributed by atoms with van der Waals surface area (Å²) in [4.78, 5) is 13.0. The Hall–Kier alpha value is -1.91. The zero-order chi connectivity index (χ0) is 13.0. The summed E-state index contributed by atoms with van der Waals surface area (Å²) in [6, 6.07) is 0. The minimum Gasteiger partial charge on any atom is -0.370 e. The Morgan fingerprint density at radius 2 is 2.11 bits per heavy atom. The fourth-order valence-corrected chi connectivity index (χ4v) is 1.80. The van der Waals surface area contributed by atoms with Crippen LogP contribution in [0.15, 0.2) is 18.7 Å². The van der Waals surface area contributed by atoms with Gasteiger partial charge in [-0.3, -0.25) is 0 Å². The number of anilines is 1. The number of imidazole rings is 1. The number of nitrogens with one attached hydrogen (secondary N) is 1. The molecule has 0 saturated heterocycles. The molecule has 2 aromatic heterocycles. The van der Waals surface area contributed by atoms with Gasteiger partial charge >= 0.3 is 0 Å². The molecule has 0 aromatic carbocycles. The highest BCUT2D eigenvalue weighted by Gasteiger charge is 2.09. The van der Waals surface area contributed by atoms with Crippen molar-refractivity contribution in [1.82, 2.24) is 19.5 Å². The first-order valence-electron chi connectivity index (χ1n) is 6.23. The molecule has 2 heterocycles. The Labute approximate surface area is 107 Å². The third kappa shape index (κ3) is 2.67. The Morgan fingerprint density at radius 3 is 2.78 bits per heavy atom. The molecule has 0 radical (unpaired) electrons. The second-order valence-electron chi connectivity index (χ2n) is 4.35. The Morgan fingerprint density at radius 1 is 1.28 bits per heavy atom. The summed E-state index contributed by atoms with van der Waals surface area (Å²) in [7, 11) is 2.00. The van der Waals surface area contributed by atoms with E-state index >= 15 is 0 Å². The maximum atomic E-state index is 4.36. The Kier molecular flexibility index (Phi) is 3.92. The summed E-state index contributed by atoms with van der Waals surface area (Å²) in [5, 5.41) is 3.32. The van der Waals surface area contributed by atoms with E-state index in [9.17, 15) is 0 Å². The summed E-state index contributed by atoms with van der Waals surface area (Å²) >= 11 is 0. The minimum atomic E-state index is 0.735. The molecule has 0 spiro atoms. The molecule has 0 fully saturated rings. The van der Waals surface area contributed by atoms with Gasteiger partial charge < -0.3 is 9.88 Å². The number of hydrogen-bond donors (Lipinski definition) is 1. The highest BCUT2D eigenvalue weighted by atomic mass is 15.0. The van der Waals surface area contributed by atoms with Crippen LogP contribution in [0.25, 0.3) is 0 Å². The van der Waals surface area contributed by atoms with Crippen molar-refractivity contribution in [2.24, 2.45) is 7.05 Å². The average Bonchev–Trinajstić information content (AvgIpc) is 2.76. The first-order chi connectivity index (χ1) is 8.72. The summed E-state index contributed by atoms with van der Waals surface area (Å²) in [5.74, 6) is 1.94. The first-order valence-corrected chi connectivity index (χ1v) is 6.23. The lowest BCUT2D eigenvalue weighted by Crippen LogP contribution is -2.08. The van der Waals surface area contributed by atoms with E-state index < -0.39 is 0 Å². The third-order valence-corrected chi connectivity index (χ3v) is 2.98. The Bertz CT molecular complexity index is 518. The van der Waals surface area contributed by atoms with Gasteiger partial charge in [0.15, 0.2) is 0 Å². The van der Waals surface area contributed by atoms with E-state index in [0.717, 1.165) is 42.3 Å². The quantitative estimate of drug-likeness (QED) is 0.874. The molecule has 0 saturated carbocycles. The van der Waals surface area contributed by atoms with Gasteiger partial charge in [0, 0.05) is 38.0 Å². The number of rotatable bonds is 5. The van der Waals surface area contributed by atoms with Gasteiger partial charge in [0.1, 0.15) is 18.0 Å². The van der Waals surface area contributed by atoms with Gasteiger partial charge in [-0.1, -0.05) is 6.92 Å². The smallest absolute Gasteiger partial charge is 0.132 e. The zero-order valence-corrected chi connectivity index (χ0v) is 11.1. The normalized spacial score (nSPS) is 10.6. The molecule has 2 aromatic rings. The van der Waals surface area contributed by atoms with Crippen molar-refractivity contribution in [2.45, 2.75) is 26.7 Å². The second kappa shape index (κ2) is 5.62. The lowest BCUT2D eigenvalue weighted by atomic mass is 10.1. The van der Waals surface area contributed by atoms with E-state index in [4.69, 9.17) is 0 Å². The van der Waals surface area contributed by atoms with Crippen LogP contribution in [0.3, 0.4) is 0 Å². The van der Waals surface area contributed by atoms with Crippen molar-refractivity contribution in [3.8, 4) is 0 Å². The van der Waals surface area contributed by atoms with Crippen molar-refractivity contribution >= 4 is 5.82 Å². The van der Waals surface area contributed by atoms with Crippen LogP contribution in [0.2, 0.25) is 0 Å². The maximum Gasteiger partial charge on any atom is 0.132 e. The summed E-state index contributed by atoms with van der Waals surface area (Å²) in [6.07, 6.45) is 7.18. The number of aryl methyl sites for hydroxylation is 1. The number of hydrogen-bond acceptors (Lipinski definition) is 4. The van der Waals surface area contributed by atoms with E-state index in [0.29, 0.717) is 0 Å². The van der Waals surface area contributed by atoms with Crippen molar-refractivity contribution in [3.05, 3.63) is 35.8 Å². The average molecular weight is 245 g/mol. The van der Waals surface area contributed by atoms with E-state index in [1.165, 1.54) is 0 Å². The predicted octanol–water partition coefficient (Wildman–Crippen LogP) is 1.93. The van der Waals surface area contributed by atoms with Crippen LogP contribution < -0.4 is 5.32 Å². The fourth-order valence-electron chi connectivity index (χ4n) is 1.80. The van der Waals surface area contributed by atoms with Crippen LogP contribution in [0.4, 0.5) is 5.82 Å². The van der Waals surface area contributed by atoms with Gasteiger partial charge in [0.25, 0.3) is 0 Å². The lowest BCUT2D eigenvalue weighted by Gasteiger charge is -2.10. The van der Waals surface area contributed by atoms with Crippen molar-refractivity contribution < 1.29 is 0 Å². The van der Waals surface area contributed by atoms with Gasteiger partial charge in [-0.05, 0) is 13.3 Å². The SMILES string of the molecule is CCCNc1ncnc(Cc2nccn2C)c1C. The first kappa shape index (κ1) is 12.5. The molecule has 0 atom stereocenters. The largest absolute Gasteiger partial charge is 0.370 e. The summed E-state index contributed by atoms with van der Waals surface area (Å²) in [5.41, 5.74) is 2.13. The van der Waals surface area contributed by atoms with Crippen LogP contribution in [0.1, 0.15) is 30.4 Å². The highest BCUT2D eigenvalue weighted by Crippen LogP contribution is 2.16. The van der Waals surface area contributed by atoms with Crippen molar-refractivity contribution in [3.63, 3.8) is 0 Å². The molecule has 5 heteroatoms. The molecule has 0 amide bonds. The van der Waals surface area contributed by atoms with Gasteiger partial charge in [-0.15, -0.1) is 0 Å². The van der Waals surface area contributed by atoms with Crippen molar-refractivity contribution in [1.29, 1.82) is 0 Å². The van der Waals surface area contributed by atoms with Gasteiger partial charge in [-0.25, -0.2) is 15.0 Å². The molecule has 0 unspecified atom stereocenters. The summed E-state index contributed by atoms with van der Waals surface area (Å²) < 4.78 is 2.01. The molecular weight excluding hydrogens is 226 g/mol. The Balaban J connectivity index is 2.21. The fraction of sp³-hybridized carbons (Fsp3) is 0.462. The second-order valence-corrected chi connectivity index (χ2v) is 4.35. The predicted molar refractivity (Wildman–Crippen MR) is 71.6 cm³/mol. The molecule has 0 aliphatic rings. The minimum absolute atomic E-state index is 0.735.